The maximum Gasteiger partial charge on any atom is 0.158 e. The molecule has 2 aromatic rings. The first-order valence-corrected chi connectivity index (χ1v) is 5.58. The van der Waals surface area contributed by atoms with Gasteiger partial charge in [-0.15, -0.1) is 11.3 Å². The Labute approximate surface area is 96.1 Å². The molecular weight excluding hydrogens is 226 g/mol. The van der Waals surface area contributed by atoms with Gasteiger partial charge in [0.2, 0.25) is 0 Å². The van der Waals surface area contributed by atoms with E-state index in [0.717, 1.165) is 20.8 Å². The molecule has 0 aliphatic rings. The van der Waals surface area contributed by atoms with E-state index in [-0.39, 0.29) is 5.84 Å². The molecule has 1 aromatic carbocycles. The number of H-pyrrole nitrogens is 1. The highest BCUT2D eigenvalue weighted by Crippen LogP contribution is 2.20. The second kappa shape index (κ2) is 3.96. The highest BCUT2D eigenvalue weighted by Gasteiger charge is 2.00. The molecule has 2 rings (SSSR count). The van der Waals surface area contributed by atoms with E-state index < -0.39 is 0 Å². The van der Waals surface area contributed by atoms with E-state index in [9.17, 15) is 0 Å². The average Bonchev–Trinajstić information content (AvgIpc) is 2.65. The van der Waals surface area contributed by atoms with Crippen molar-refractivity contribution in [2.24, 2.45) is 5.73 Å². The highest BCUT2D eigenvalue weighted by atomic mass is 32.1. The van der Waals surface area contributed by atoms with Gasteiger partial charge in [0.1, 0.15) is 5.84 Å². The summed E-state index contributed by atoms with van der Waals surface area (Å²) in [6.07, 6.45) is 0. The van der Waals surface area contributed by atoms with Gasteiger partial charge < -0.3 is 10.7 Å². The molecule has 15 heavy (non-hydrogen) atoms. The smallest absolute Gasteiger partial charge is 0.158 e. The molecule has 0 aliphatic heterocycles. The van der Waals surface area contributed by atoms with E-state index in [2.05, 4.69) is 4.98 Å². The Kier molecular flexibility index (Phi) is 2.66. The van der Waals surface area contributed by atoms with Gasteiger partial charge >= 0.3 is 0 Å². The third-order valence-electron chi connectivity index (χ3n) is 2.03. The van der Waals surface area contributed by atoms with Gasteiger partial charge in [0.15, 0.2) is 3.95 Å². The van der Waals surface area contributed by atoms with Crippen LogP contribution in [0, 0.1) is 9.36 Å². The number of aromatic amines is 1. The zero-order chi connectivity index (χ0) is 10.8. The molecule has 0 fully saturated rings. The zero-order valence-corrected chi connectivity index (χ0v) is 9.41. The van der Waals surface area contributed by atoms with Crippen LogP contribution in [0.25, 0.3) is 11.3 Å². The summed E-state index contributed by atoms with van der Waals surface area (Å²) >= 11 is 6.51. The molecule has 0 saturated carbocycles. The number of nitrogens with one attached hydrogen (secondary N) is 2. The number of amidine groups is 1. The SMILES string of the molecule is N=C(N)c1ccc(-c2csc(=S)[nH]2)cc1. The number of nitrogen functional groups attached to an aromatic ring is 1. The number of rotatable bonds is 2. The van der Waals surface area contributed by atoms with Gasteiger partial charge in [-0.1, -0.05) is 24.3 Å². The third kappa shape index (κ3) is 2.14. The van der Waals surface area contributed by atoms with Crippen molar-refractivity contribution >= 4 is 29.4 Å². The normalized spacial score (nSPS) is 10.1. The van der Waals surface area contributed by atoms with E-state index in [1.165, 1.54) is 11.3 Å². The summed E-state index contributed by atoms with van der Waals surface area (Å²) in [7, 11) is 0. The van der Waals surface area contributed by atoms with Crippen molar-refractivity contribution in [1.29, 1.82) is 5.41 Å². The molecule has 0 unspecified atom stereocenters. The molecule has 1 aromatic heterocycles. The van der Waals surface area contributed by atoms with Gasteiger partial charge in [-0.2, -0.15) is 0 Å². The molecule has 0 atom stereocenters. The molecule has 0 saturated heterocycles. The van der Waals surface area contributed by atoms with Crippen molar-refractivity contribution in [3.63, 3.8) is 0 Å². The number of hydrogen-bond acceptors (Lipinski definition) is 3. The summed E-state index contributed by atoms with van der Waals surface area (Å²) in [5, 5.41) is 9.25. The Balaban J connectivity index is 2.39. The number of aromatic nitrogens is 1. The summed E-state index contributed by atoms with van der Waals surface area (Å²) in [5.74, 6) is 0.0832. The van der Waals surface area contributed by atoms with Crippen molar-refractivity contribution in [1.82, 2.24) is 4.98 Å². The Bertz CT molecular complexity index is 536. The van der Waals surface area contributed by atoms with Gasteiger partial charge in [-0.25, -0.2) is 0 Å². The van der Waals surface area contributed by atoms with Crippen molar-refractivity contribution in [3.05, 3.63) is 39.2 Å². The fraction of sp³-hybridized carbons (Fsp3) is 0. The second-order valence-corrected chi connectivity index (χ2v) is 4.60. The van der Waals surface area contributed by atoms with Crippen molar-refractivity contribution in [2.75, 3.05) is 0 Å². The first kappa shape index (κ1) is 10.1. The fourth-order valence-corrected chi connectivity index (χ4v) is 2.09. The number of thiazole rings is 1. The molecule has 76 valence electrons. The van der Waals surface area contributed by atoms with Crippen LogP contribution in [-0.2, 0) is 0 Å². The van der Waals surface area contributed by atoms with Gasteiger partial charge in [0, 0.05) is 10.9 Å². The predicted molar refractivity (Wildman–Crippen MR) is 66.0 cm³/mol. The zero-order valence-electron chi connectivity index (χ0n) is 7.78. The lowest BCUT2D eigenvalue weighted by Gasteiger charge is -2.00. The summed E-state index contributed by atoms with van der Waals surface area (Å²) < 4.78 is 0.764. The minimum Gasteiger partial charge on any atom is -0.384 e. The lowest BCUT2D eigenvalue weighted by atomic mass is 10.1. The molecule has 1 heterocycles. The number of hydrogen-bond donors (Lipinski definition) is 3. The van der Waals surface area contributed by atoms with Crippen LogP contribution in [0.1, 0.15) is 5.56 Å². The van der Waals surface area contributed by atoms with E-state index in [1.807, 2.05) is 29.6 Å². The Hall–Kier alpha value is -1.46. The van der Waals surface area contributed by atoms with Crippen LogP contribution in [0.3, 0.4) is 0 Å². The van der Waals surface area contributed by atoms with E-state index in [4.69, 9.17) is 23.4 Å². The van der Waals surface area contributed by atoms with Gasteiger partial charge in [0.25, 0.3) is 0 Å². The van der Waals surface area contributed by atoms with Crippen molar-refractivity contribution in [2.45, 2.75) is 0 Å². The molecule has 0 aliphatic carbocycles. The van der Waals surface area contributed by atoms with Crippen LogP contribution in [-0.4, -0.2) is 10.8 Å². The summed E-state index contributed by atoms with van der Waals surface area (Å²) in [6, 6.07) is 7.49. The average molecular weight is 235 g/mol. The largest absolute Gasteiger partial charge is 0.384 e. The maximum absolute atomic E-state index is 7.27. The van der Waals surface area contributed by atoms with Crippen LogP contribution in [0.4, 0.5) is 0 Å². The standard InChI is InChI=1S/C10H9N3S2/c11-9(12)7-3-1-6(2-4-7)8-5-15-10(14)13-8/h1-5H,(H3,11,12)(H,13,14). The minimum absolute atomic E-state index is 0.0832. The van der Waals surface area contributed by atoms with E-state index in [0.29, 0.717) is 0 Å². The molecule has 4 N–H and O–H groups in total. The van der Waals surface area contributed by atoms with Crippen LogP contribution in [0.2, 0.25) is 0 Å². The van der Waals surface area contributed by atoms with Gasteiger partial charge in [0.05, 0.1) is 5.69 Å². The predicted octanol–water partition coefficient (Wildman–Crippen LogP) is 2.76. The molecular formula is C10H9N3S2. The summed E-state index contributed by atoms with van der Waals surface area (Å²) in [6.45, 7) is 0. The topological polar surface area (TPSA) is 65.7 Å². The monoisotopic (exact) mass is 235 g/mol. The first-order chi connectivity index (χ1) is 7.16. The van der Waals surface area contributed by atoms with Gasteiger partial charge in [-0.05, 0) is 17.8 Å². The second-order valence-electron chi connectivity index (χ2n) is 3.05. The molecule has 3 nitrogen and oxygen atoms in total. The van der Waals surface area contributed by atoms with Crippen LogP contribution in [0.5, 0.6) is 0 Å². The van der Waals surface area contributed by atoms with Crippen LogP contribution in [0.15, 0.2) is 29.6 Å². The quantitative estimate of drug-likeness (QED) is 0.425. The minimum atomic E-state index is 0.0832. The third-order valence-corrected chi connectivity index (χ3v) is 3.09. The van der Waals surface area contributed by atoms with Crippen molar-refractivity contribution < 1.29 is 0 Å². The number of nitrogens with two attached hydrogens (primary N) is 1. The Morgan fingerprint density at radius 1 is 1.33 bits per heavy atom. The van der Waals surface area contributed by atoms with Crippen LogP contribution >= 0.6 is 23.6 Å². The fourth-order valence-electron chi connectivity index (χ4n) is 1.25. The maximum atomic E-state index is 7.27. The van der Waals surface area contributed by atoms with Crippen molar-refractivity contribution in [3.8, 4) is 11.3 Å². The molecule has 0 amide bonds. The van der Waals surface area contributed by atoms with Gasteiger partial charge in [-0.3, -0.25) is 5.41 Å². The summed E-state index contributed by atoms with van der Waals surface area (Å²) in [5.41, 5.74) is 8.15. The first-order valence-electron chi connectivity index (χ1n) is 4.29. The lowest BCUT2D eigenvalue weighted by Crippen LogP contribution is -2.10. The van der Waals surface area contributed by atoms with E-state index >= 15 is 0 Å². The highest BCUT2D eigenvalue weighted by molar-refractivity contribution is 7.73. The Morgan fingerprint density at radius 3 is 2.47 bits per heavy atom. The number of benzene rings is 1. The lowest BCUT2D eigenvalue weighted by molar-refractivity contribution is 1.38. The molecule has 0 spiro atoms. The van der Waals surface area contributed by atoms with Crippen LogP contribution < -0.4 is 5.73 Å². The molecule has 0 bridgehead atoms. The molecule has 0 radical (unpaired) electrons. The molecule has 5 heteroatoms. The van der Waals surface area contributed by atoms with E-state index in [1.54, 1.807) is 0 Å². The Morgan fingerprint density at radius 2 is 2.00 bits per heavy atom. The summed E-state index contributed by atoms with van der Waals surface area (Å²) in [4.78, 5) is 3.09.